The van der Waals surface area contributed by atoms with Crippen LogP contribution in [0.2, 0.25) is 0 Å². The molecule has 2 unspecified atom stereocenters. The fourth-order valence-corrected chi connectivity index (χ4v) is 6.05. The van der Waals surface area contributed by atoms with E-state index in [1.165, 1.54) is 57.6 Å². The lowest BCUT2D eigenvalue weighted by Gasteiger charge is -2.49. The summed E-state index contributed by atoms with van der Waals surface area (Å²) >= 11 is 2.53. The average Bonchev–Trinajstić information content (AvgIpc) is 3.32. The summed E-state index contributed by atoms with van der Waals surface area (Å²) in [5, 5.41) is 28.4. The summed E-state index contributed by atoms with van der Waals surface area (Å²) in [4.78, 5) is 56.3. The van der Waals surface area contributed by atoms with Gasteiger partial charge in [-0.05, 0) is 23.3 Å². The number of carboxylic acids is 1. The van der Waals surface area contributed by atoms with E-state index in [0.717, 1.165) is 0 Å². The summed E-state index contributed by atoms with van der Waals surface area (Å²) in [5.41, 5.74) is 6.86. The van der Waals surface area contributed by atoms with Crippen molar-refractivity contribution in [3.8, 4) is 5.75 Å². The highest BCUT2D eigenvalue weighted by atomic mass is 32.2. The van der Waals surface area contributed by atoms with Gasteiger partial charge in [0.2, 0.25) is 17.0 Å². The molecule has 13 nitrogen and oxygen atoms in total. The van der Waals surface area contributed by atoms with Crippen molar-refractivity contribution < 1.29 is 29.4 Å². The Morgan fingerprint density at radius 2 is 2.03 bits per heavy atom. The van der Waals surface area contributed by atoms with Gasteiger partial charge in [-0.25, -0.2) is 9.78 Å². The van der Waals surface area contributed by atoms with Gasteiger partial charge in [0.25, 0.3) is 5.91 Å². The van der Waals surface area contributed by atoms with Crippen LogP contribution >= 0.6 is 23.5 Å². The normalized spacial score (nSPS) is 19.6. The van der Waals surface area contributed by atoms with E-state index in [-0.39, 0.29) is 29.5 Å². The van der Waals surface area contributed by atoms with Crippen LogP contribution in [0.25, 0.3) is 0 Å². The molecule has 6 N–H and O–H groups in total. The third kappa shape index (κ3) is 5.57. The lowest BCUT2D eigenvalue weighted by atomic mass is 10.0. The number of thioether (sulfide) groups is 2. The minimum atomic E-state index is -1.24. The van der Waals surface area contributed by atoms with Crippen molar-refractivity contribution in [2.45, 2.75) is 29.0 Å². The largest absolute Gasteiger partial charge is 0.508 e. The number of amides is 3. The fourth-order valence-electron chi connectivity index (χ4n) is 3.74. The smallest absolute Gasteiger partial charge is 0.352 e. The number of aromatic amines is 1. The number of aliphatic carboxylic acids is 1. The van der Waals surface area contributed by atoms with Gasteiger partial charge < -0.3 is 26.2 Å². The molecule has 0 spiro atoms. The molecule has 3 heterocycles. The fraction of sp³-hybridized carbons (Fsp3) is 0.364. The maximum Gasteiger partial charge on any atom is 0.352 e. The molecule has 1 aromatic heterocycles. The van der Waals surface area contributed by atoms with Gasteiger partial charge in [0.15, 0.2) is 0 Å². The minimum absolute atomic E-state index is 0.0321. The number of aromatic nitrogens is 3. The van der Waals surface area contributed by atoms with Gasteiger partial charge in [-0.1, -0.05) is 23.9 Å². The van der Waals surface area contributed by atoms with Crippen molar-refractivity contribution >= 4 is 47.2 Å². The molecule has 1 fully saturated rings. The number of carbonyl (C=O) groups excluding carboxylic acids is 3. The molecule has 0 bridgehead atoms. The van der Waals surface area contributed by atoms with Crippen molar-refractivity contribution in [3.63, 3.8) is 0 Å². The van der Waals surface area contributed by atoms with Gasteiger partial charge >= 0.3 is 5.97 Å². The van der Waals surface area contributed by atoms with Crippen LogP contribution in [0, 0.1) is 0 Å². The number of carboxylic acid groups (broad SMARTS) is 1. The summed E-state index contributed by atoms with van der Waals surface area (Å²) in [7, 11) is 3.28. The molecule has 1 aromatic carbocycles. The van der Waals surface area contributed by atoms with Crippen LogP contribution in [0.4, 0.5) is 0 Å². The topological polar surface area (TPSA) is 195 Å². The zero-order chi connectivity index (χ0) is 26.9. The first-order chi connectivity index (χ1) is 17.6. The molecule has 0 saturated carbocycles. The summed E-state index contributed by atoms with van der Waals surface area (Å²) in [6, 6.07) is 3.86. The second kappa shape index (κ2) is 10.8. The summed E-state index contributed by atoms with van der Waals surface area (Å²) in [6.07, 6.45) is 0.0625. The van der Waals surface area contributed by atoms with Crippen LogP contribution in [0.1, 0.15) is 17.4 Å². The number of H-pyrrole nitrogens is 1. The number of carbonyl (C=O) groups is 4. The molecule has 0 aliphatic carbocycles. The SMILES string of the molecule is CN(C)C(=O)Cc1nc(SCC2=C(C(=O)O)N3C(=O)C(NC(=O)C(N)c4ccc(O)cc4)[C@@H]3SC2)n[nH]1. The lowest BCUT2D eigenvalue weighted by molar-refractivity contribution is -0.150. The summed E-state index contributed by atoms with van der Waals surface area (Å²) in [6.45, 7) is 0. The Labute approximate surface area is 219 Å². The lowest BCUT2D eigenvalue weighted by Crippen LogP contribution is -2.71. The number of benzene rings is 1. The van der Waals surface area contributed by atoms with E-state index in [4.69, 9.17) is 5.73 Å². The first kappa shape index (κ1) is 26.5. The van der Waals surface area contributed by atoms with Gasteiger partial charge in [0.1, 0.15) is 34.7 Å². The number of hydrogen-bond acceptors (Lipinski definition) is 10. The van der Waals surface area contributed by atoms with Gasteiger partial charge in [0, 0.05) is 25.6 Å². The zero-order valence-electron chi connectivity index (χ0n) is 19.9. The Kier molecular flexibility index (Phi) is 7.75. The van der Waals surface area contributed by atoms with Crippen LogP contribution in [-0.4, -0.2) is 95.9 Å². The molecule has 0 radical (unpaired) electrons. The number of likely N-dealkylation sites (N-methyl/N-ethyl adjacent to an activating group) is 1. The monoisotopic (exact) mass is 547 g/mol. The van der Waals surface area contributed by atoms with Crippen molar-refractivity contribution in [1.82, 2.24) is 30.3 Å². The Hall–Kier alpha value is -3.56. The zero-order valence-corrected chi connectivity index (χ0v) is 21.5. The van der Waals surface area contributed by atoms with Gasteiger partial charge in [0.05, 0.1) is 6.42 Å². The number of rotatable bonds is 9. The molecule has 37 heavy (non-hydrogen) atoms. The van der Waals surface area contributed by atoms with E-state index in [1.54, 1.807) is 14.1 Å². The number of nitrogens with zero attached hydrogens (tertiary/aromatic N) is 4. The standard InChI is InChI=1S/C22H25N7O6S2/c1-28(2)14(31)7-13-24-22(27-26-13)37-9-11-8-36-20-16(19(33)29(20)17(11)21(34)35)25-18(32)15(23)10-3-5-12(30)6-4-10/h3-6,15-16,20,30H,7-9,23H2,1-2H3,(H,25,32)(H,34,35)(H,24,26,27)/t15?,16?,20-/m0/s1. The van der Waals surface area contributed by atoms with E-state index >= 15 is 0 Å². The number of nitrogens with two attached hydrogens (primary N) is 1. The molecule has 196 valence electrons. The van der Waals surface area contributed by atoms with Crippen molar-refractivity contribution in [2.24, 2.45) is 5.73 Å². The number of β-lactam (4-membered cyclic amide) rings is 1. The number of phenols is 1. The highest BCUT2D eigenvalue weighted by Crippen LogP contribution is 2.41. The second-order valence-electron chi connectivity index (χ2n) is 8.54. The van der Waals surface area contributed by atoms with Gasteiger partial charge in [-0.2, -0.15) is 0 Å². The quantitative estimate of drug-likeness (QED) is 0.204. The predicted octanol–water partition coefficient (Wildman–Crippen LogP) is -0.328. The van der Waals surface area contributed by atoms with Crippen molar-refractivity contribution in [2.75, 3.05) is 25.6 Å². The van der Waals surface area contributed by atoms with Crippen LogP contribution in [0.3, 0.4) is 0 Å². The first-order valence-electron chi connectivity index (χ1n) is 11.1. The molecule has 4 rings (SSSR count). The van der Waals surface area contributed by atoms with Gasteiger partial charge in [-0.3, -0.25) is 24.4 Å². The summed E-state index contributed by atoms with van der Waals surface area (Å²) in [5.74, 6) is -1.51. The minimum Gasteiger partial charge on any atom is -0.508 e. The molecule has 2 aliphatic rings. The molecule has 2 aliphatic heterocycles. The molecule has 1 saturated heterocycles. The van der Waals surface area contributed by atoms with Crippen molar-refractivity contribution in [1.29, 1.82) is 0 Å². The third-order valence-corrected chi connectivity index (χ3v) is 8.06. The van der Waals surface area contributed by atoms with E-state index in [1.807, 2.05) is 0 Å². The Balaban J connectivity index is 1.40. The molecule has 2 aromatic rings. The van der Waals surface area contributed by atoms with Crippen LogP contribution in [0.5, 0.6) is 5.75 Å². The molecule has 3 atom stereocenters. The summed E-state index contributed by atoms with van der Waals surface area (Å²) < 4.78 is 0. The highest BCUT2D eigenvalue weighted by Gasteiger charge is 2.54. The Bertz CT molecular complexity index is 1260. The van der Waals surface area contributed by atoms with E-state index in [2.05, 4.69) is 20.5 Å². The third-order valence-electron chi connectivity index (χ3n) is 5.79. The highest BCUT2D eigenvalue weighted by molar-refractivity contribution is 8.01. The van der Waals surface area contributed by atoms with Crippen LogP contribution in [-0.2, 0) is 25.6 Å². The van der Waals surface area contributed by atoms with E-state index in [9.17, 15) is 29.4 Å². The predicted molar refractivity (Wildman–Crippen MR) is 134 cm³/mol. The Morgan fingerprint density at radius 1 is 1.32 bits per heavy atom. The number of nitrogens with one attached hydrogen (secondary N) is 2. The number of hydrogen-bond donors (Lipinski definition) is 5. The Morgan fingerprint density at radius 3 is 2.68 bits per heavy atom. The number of phenolic OH excluding ortho intramolecular Hbond substituents is 1. The van der Waals surface area contributed by atoms with E-state index < -0.39 is 35.2 Å². The first-order valence-corrected chi connectivity index (χ1v) is 13.1. The number of aromatic hydroxyl groups is 1. The van der Waals surface area contributed by atoms with Gasteiger partial charge in [-0.15, -0.1) is 16.9 Å². The molecule has 15 heteroatoms. The van der Waals surface area contributed by atoms with Crippen molar-refractivity contribution in [3.05, 3.63) is 46.9 Å². The van der Waals surface area contributed by atoms with Crippen LogP contribution in [0.15, 0.2) is 40.7 Å². The molecular formula is C22H25N7O6S2. The molecular weight excluding hydrogens is 522 g/mol. The van der Waals surface area contributed by atoms with Crippen LogP contribution < -0.4 is 11.1 Å². The average molecular weight is 548 g/mol. The number of fused-ring (bicyclic) bond motifs is 1. The maximum atomic E-state index is 12.9. The maximum absolute atomic E-state index is 12.9. The van der Waals surface area contributed by atoms with E-state index in [0.29, 0.717) is 27.9 Å². The molecule has 3 amide bonds. The second-order valence-corrected chi connectivity index (χ2v) is 10.6.